The highest BCUT2D eigenvalue weighted by Gasteiger charge is 2.19. The van der Waals surface area contributed by atoms with E-state index in [0.29, 0.717) is 0 Å². The highest BCUT2D eigenvalue weighted by Crippen LogP contribution is 2.27. The monoisotopic (exact) mass is 266 g/mol. The Morgan fingerprint density at radius 2 is 1.95 bits per heavy atom. The molecule has 0 fully saturated rings. The lowest BCUT2D eigenvalue weighted by atomic mass is 10.00. The van der Waals surface area contributed by atoms with Gasteiger partial charge in [0.15, 0.2) is 0 Å². The minimum absolute atomic E-state index is 0.110. The number of aryl methyl sites for hydroxylation is 2. The third-order valence-corrected chi connectivity index (χ3v) is 3.60. The molecule has 3 N–H and O–H groups in total. The average Bonchev–Trinajstić information content (AvgIpc) is 2.78. The molecular weight excluding hydrogens is 248 g/mol. The molecule has 0 saturated heterocycles. The SMILES string of the molecule is Cc1cccc(C(NN)c2nn(C)c3ccccc23)c1. The Morgan fingerprint density at radius 3 is 2.70 bits per heavy atom. The van der Waals surface area contributed by atoms with Crippen molar-refractivity contribution in [3.63, 3.8) is 0 Å². The minimum Gasteiger partial charge on any atom is -0.271 e. The summed E-state index contributed by atoms with van der Waals surface area (Å²) in [5.74, 6) is 5.79. The van der Waals surface area contributed by atoms with Crippen molar-refractivity contribution in [2.24, 2.45) is 12.9 Å². The molecule has 4 nitrogen and oxygen atoms in total. The topological polar surface area (TPSA) is 55.9 Å². The van der Waals surface area contributed by atoms with Crippen LogP contribution in [0.4, 0.5) is 0 Å². The van der Waals surface area contributed by atoms with Crippen molar-refractivity contribution in [3.05, 3.63) is 65.4 Å². The summed E-state index contributed by atoms with van der Waals surface area (Å²) in [5.41, 5.74) is 7.29. The van der Waals surface area contributed by atoms with Gasteiger partial charge in [-0.15, -0.1) is 0 Å². The fourth-order valence-electron chi connectivity index (χ4n) is 2.64. The molecule has 0 aliphatic heterocycles. The molecule has 1 aromatic heterocycles. The van der Waals surface area contributed by atoms with Crippen LogP contribution in [0.15, 0.2) is 48.5 Å². The van der Waals surface area contributed by atoms with E-state index in [1.807, 2.05) is 29.9 Å². The van der Waals surface area contributed by atoms with Crippen molar-refractivity contribution in [3.8, 4) is 0 Å². The molecule has 2 aromatic carbocycles. The van der Waals surface area contributed by atoms with Gasteiger partial charge in [0.1, 0.15) is 0 Å². The number of nitrogens with two attached hydrogens (primary N) is 1. The first-order chi connectivity index (χ1) is 9.70. The van der Waals surface area contributed by atoms with Gasteiger partial charge < -0.3 is 0 Å². The summed E-state index contributed by atoms with van der Waals surface area (Å²) in [6.07, 6.45) is 0. The maximum Gasteiger partial charge on any atom is 0.0930 e. The van der Waals surface area contributed by atoms with Crippen LogP contribution < -0.4 is 11.3 Å². The quantitative estimate of drug-likeness (QED) is 0.565. The van der Waals surface area contributed by atoms with Crippen molar-refractivity contribution < 1.29 is 0 Å². The molecule has 3 aromatic rings. The lowest BCUT2D eigenvalue weighted by molar-refractivity contribution is 0.607. The van der Waals surface area contributed by atoms with Crippen LogP contribution in [-0.2, 0) is 7.05 Å². The Kier molecular flexibility index (Phi) is 3.26. The first kappa shape index (κ1) is 12.8. The number of hydrogen-bond donors (Lipinski definition) is 2. The van der Waals surface area contributed by atoms with E-state index in [2.05, 4.69) is 47.8 Å². The number of para-hydroxylation sites is 1. The number of rotatable bonds is 3. The molecule has 1 atom stereocenters. The van der Waals surface area contributed by atoms with Gasteiger partial charge in [0.25, 0.3) is 0 Å². The van der Waals surface area contributed by atoms with Crippen LogP contribution in [0.2, 0.25) is 0 Å². The molecule has 0 amide bonds. The number of nitrogens with one attached hydrogen (secondary N) is 1. The molecule has 1 unspecified atom stereocenters. The fraction of sp³-hybridized carbons (Fsp3) is 0.188. The maximum absolute atomic E-state index is 5.79. The van der Waals surface area contributed by atoms with E-state index >= 15 is 0 Å². The van der Waals surface area contributed by atoms with E-state index in [9.17, 15) is 0 Å². The first-order valence-corrected chi connectivity index (χ1v) is 6.65. The second-order valence-electron chi connectivity index (χ2n) is 5.04. The van der Waals surface area contributed by atoms with Crippen molar-refractivity contribution in [1.82, 2.24) is 15.2 Å². The van der Waals surface area contributed by atoms with Crippen LogP contribution in [0.25, 0.3) is 10.9 Å². The standard InChI is InChI=1S/C16H18N4/c1-11-6-5-7-12(10-11)15(18-17)16-13-8-3-4-9-14(13)20(2)19-16/h3-10,15,18H,17H2,1-2H3. The van der Waals surface area contributed by atoms with Crippen LogP contribution in [0.3, 0.4) is 0 Å². The Labute approximate surface area is 118 Å². The molecule has 0 aliphatic carbocycles. The van der Waals surface area contributed by atoms with Crippen molar-refractivity contribution >= 4 is 10.9 Å². The second kappa shape index (κ2) is 5.07. The molecule has 0 saturated carbocycles. The van der Waals surface area contributed by atoms with Gasteiger partial charge in [0.2, 0.25) is 0 Å². The molecule has 0 spiro atoms. The predicted octanol–water partition coefficient (Wildman–Crippen LogP) is 2.43. The van der Waals surface area contributed by atoms with Crippen molar-refractivity contribution in [2.45, 2.75) is 13.0 Å². The van der Waals surface area contributed by atoms with Crippen LogP contribution in [0.1, 0.15) is 22.9 Å². The summed E-state index contributed by atoms with van der Waals surface area (Å²) in [4.78, 5) is 0. The van der Waals surface area contributed by atoms with Gasteiger partial charge in [-0.05, 0) is 18.6 Å². The molecule has 0 bridgehead atoms. The molecule has 4 heteroatoms. The van der Waals surface area contributed by atoms with E-state index in [-0.39, 0.29) is 6.04 Å². The predicted molar refractivity (Wildman–Crippen MR) is 81.1 cm³/mol. The maximum atomic E-state index is 5.79. The smallest absolute Gasteiger partial charge is 0.0930 e. The molecule has 3 rings (SSSR count). The van der Waals surface area contributed by atoms with Gasteiger partial charge in [-0.3, -0.25) is 10.5 Å². The van der Waals surface area contributed by atoms with Crippen LogP contribution in [-0.4, -0.2) is 9.78 Å². The zero-order valence-corrected chi connectivity index (χ0v) is 11.7. The van der Waals surface area contributed by atoms with Gasteiger partial charge in [-0.1, -0.05) is 48.0 Å². The summed E-state index contributed by atoms with van der Waals surface area (Å²) in [6.45, 7) is 2.08. The van der Waals surface area contributed by atoms with Crippen LogP contribution in [0, 0.1) is 6.92 Å². The second-order valence-corrected chi connectivity index (χ2v) is 5.04. The number of benzene rings is 2. The van der Waals surface area contributed by atoms with Crippen molar-refractivity contribution in [2.75, 3.05) is 0 Å². The van der Waals surface area contributed by atoms with Gasteiger partial charge in [-0.2, -0.15) is 5.10 Å². The average molecular weight is 266 g/mol. The van der Waals surface area contributed by atoms with E-state index in [1.165, 1.54) is 5.56 Å². The summed E-state index contributed by atoms with van der Waals surface area (Å²) < 4.78 is 1.89. The van der Waals surface area contributed by atoms with Gasteiger partial charge in [-0.25, -0.2) is 5.43 Å². The fourth-order valence-corrected chi connectivity index (χ4v) is 2.64. The summed E-state index contributed by atoms with van der Waals surface area (Å²) in [5, 5.41) is 5.77. The third-order valence-electron chi connectivity index (χ3n) is 3.60. The van der Waals surface area contributed by atoms with E-state index in [0.717, 1.165) is 22.2 Å². The summed E-state index contributed by atoms with van der Waals surface area (Å²) >= 11 is 0. The Hall–Kier alpha value is -2.17. The molecule has 1 heterocycles. The third kappa shape index (κ3) is 2.09. The zero-order chi connectivity index (χ0) is 14.1. The van der Waals surface area contributed by atoms with Gasteiger partial charge in [0.05, 0.1) is 17.3 Å². The summed E-state index contributed by atoms with van der Waals surface area (Å²) in [7, 11) is 1.95. The number of fused-ring (bicyclic) bond motifs is 1. The Balaban J connectivity index is 2.17. The lowest BCUT2D eigenvalue weighted by Crippen LogP contribution is -2.29. The number of aromatic nitrogens is 2. The molecule has 20 heavy (non-hydrogen) atoms. The molecule has 0 radical (unpaired) electrons. The highest BCUT2D eigenvalue weighted by molar-refractivity contribution is 5.82. The number of nitrogens with zero attached hydrogens (tertiary/aromatic N) is 2. The van der Waals surface area contributed by atoms with E-state index < -0.39 is 0 Å². The van der Waals surface area contributed by atoms with E-state index in [4.69, 9.17) is 5.84 Å². The minimum atomic E-state index is -0.110. The van der Waals surface area contributed by atoms with Crippen molar-refractivity contribution in [1.29, 1.82) is 0 Å². The van der Waals surface area contributed by atoms with Crippen LogP contribution >= 0.6 is 0 Å². The zero-order valence-electron chi connectivity index (χ0n) is 11.7. The molecule has 0 aliphatic rings. The number of hydrazine groups is 1. The molecule has 102 valence electrons. The molecular formula is C16H18N4. The van der Waals surface area contributed by atoms with Crippen LogP contribution in [0.5, 0.6) is 0 Å². The van der Waals surface area contributed by atoms with E-state index in [1.54, 1.807) is 0 Å². The first-order valence-electron chi connectivity index (χ1n) is 6.65. The Bertz CT molecular complexity index is 745. The highest BCUT2D eigenvalue weighted by atomic mass is 15.3. The van der Waals surface area contributed by atoms with Gasteiger partial charge >= 0.3 is 0 Å². The Morgan fingerprint density at radius 1 is 1.15 bits per heavy atom. The normalized spacial score (nSPS) is 12.8. The lowest BCUT2D eigenvalue weighted by Gasteiger charge is -2.15. The largest absolute Gasteiger partial charge is 0.271 e. The number of hydrogen-bond acceptors (Lipinski definition) is 3. The summed E-state index contributed by atoms with van der Waals surface area (Å²) in [6, 6.07) is 16.4. The van der Waals surface area contributed by atoms with Gasteiger partial charge in [0, 0.05) is 12.4 Å².